The van der Waals surface area contributed by atoms with Gasteiger partial charge in [-0.3, -0.25) is 4.79 Å². The van der Waals surface area contributed by atoms with Gasteiger partial charge in [0, 0.05) is 37.0 Å². The summed E-state index contributed by atoms with van der Waals surface area (Å²) in [5.74, 6) is -0.373. The van der Waals surface area contributed by atoms with E-state index in [1.165, 1.54) is 13.2 Å². The number of nitrogens with one attached hydrogen (secondary N) is 1. The maximum atomic E-state index is 14.0. The van der Waals surface area contributed by atoms with Crippen LogP contribution in [0.25, 0.3) is 11.3 Å². The second-order valence-corrected chi connectivity index (χ2v) is 6.72. The minimum absolute atomic E-state index is 0.0855. The van der Waals surface area contributed by atoms with Crippen molar-refractivity contribution < 1.29 is 13.9 Å². The predicted molar refractivity (Wildman–Crippen MR) is 106 cm³/mol. The van der Waals surface area contributed by atoms with E-state index in [0.717, 1.165) is 17.5 Å². The number of anilines is 1. The maximum Gasteiger partial charge on any atom is 0.254 e. The molecule has 4 rings (SSSR count). The first kappa shape index (κ1) is 18.8. The number of benzene rings is 1. The Bertz CT molecular complexity index is 1010. The number of ether oxygens (including phenoxy) is 1. The number of pyridine rings is 1. The van der Waals surface area contributed by atoms with Gasteiger partial charge in [0.1, 0.15) is 0 Å². The Hall–Kier alpha value is -3.55. The number of hydrogen-bond donors (Lipinski definition) is 1. The normalized spacial score (nSPS) is 15.9. The number of aromatic nitrogens is 3. The number of nitrogens with zero attached hydrogens (tertiary/aromatic N) is 4. The van der Waals surface area contributed by atoms with Crippen LogP contribution in [0.1, 0.15) is 16.8 Å². The van der Waals surface area contributed by atoms with Crippen molar-refractivity contribution in [2.75, 3.05) is 25.1 Å². The van der Waals surface area contributed by atoms with E-state index in [1.54, 1.807) is 6.20 Å². The summed E-state index contributed by atoms with van der Waals surface area (Å²) in [7, 11) is 1.42. The molecule has 0 aliphatic carbocycles. The molecule has 8 heteroatoms. The van der Waals surface area contributed by atoms with E-state index in [2.05, 4.69) is 20.3 Å². The van der Waals surface area contributed by atoms with E-state index < -0.39 is 11.7 Å². The molecular formula is C21H20FN5O2. The number of rotatable bonds is 5. The highest BCUT2D eigenvalue weighted by Crippen LogP contribution is 2.22. The molecular weight excluding hydrogens is 373 g/mol. The summed E-state index contributed by atoms with van der Waals surface area (Å²) in [6, 6.07) is 12.9. The third-order valence-electron chi connectivity index (χ3n) is 4.80. The standard InChI is InChI=1S/C21H20FN5O2/c1-29-19-11-16(17(22)12-24-19)20(28)25-15-8-10-27(13-15)21-23-9-7-18(26-21)14-5-3-2-4-6-14/h2-7,9,11-12,15H,8,10,13H2,1H3,(H,25,28). The Morgan fingerprint density at radius 1 is 1.24 bits per heavy atom. The molecule has 29 heavy (non-hydrogen) atoms. The highest BCUT2D eigenvalue weighted by molar-refractivity contribution is 5.95. The van der Waals surface area contributed by atoms with Crippen LogP contribution in [0.2, 0.25) is 0 Å². The maximum absolute atomic E-state index is 14.0. The lowest BCUT2D eigenvalue weighted by atomic mass is 10.1. The zero-order valence-corrected chi connectivity index (χ0v) is 15.9. The number of methoxy groups -OCH3 is 1. The van der Waals surface area contributed by atoms with Gasteiger partial charge < -0.3 is 15.0 Å². The van der Waals surface area contributed by atoms with Gasteiger partial charge in [-0.1, -0.05) is 30.3 Å². The molecule has 1 aliphatic heterocycles. The van der Waals surface area contributed by atoms with E-state index in [-0.39, 0.29) is 17.5 Å². The number of hydrogen-bond acceptors (Lipinski definition) is 6. The van der Waals surface area contributed by atoms with Gasteiger partial charge in [0.25, 0.3) is 5.91 Å². The highest BCUT2D eigenvalue weighted by atomic mass is 19.1. The summed E-state index contributed by atoms with van der Waals surface area (Å²) in [5.41, 5.74) is 1.77. The van der Waals surface area contributed by atoms with Crippen LogP contribution in [0.3, 0.4) is 0 Å². The fourth-order valence-corrected chi connectivity index (χ4v) is 3.30. The van der Waals surface area contributed by atoms with Crippen molar-refractivity contribution in [2.24, 2.45) is 0 Å². The van der Waals surface area contributed by atoms with E-state index in [9.17, 15) is 9.18 Å². The first-order chi connectivity index (χ1) is 14.1. The number of amides is 1. The molecule has 3 heterocycles. The van der Waals surface area contributed by atoms with Crippen LogP contribution in [0.4, 0.5) is 10.3 Å². The summed E-state index contributed by atoms with van der Waals surface area (Å²) in [5, 5.41) is 2.87. The van der Waals surface area contributed by atoms with Crippen LogP contribution in [0.5, 0.6) is 5.88 Å². The van der Waals surface area contributed by atoms with Crippen molar-refractivity contribution >= 4 is 11.9 Å². The SMILES string of the molecule is COc1cc(C(=O)NC2CCN(c3nccc(-c4ccccc4)n3)C2)c(F)cn1. The molecule has 1 atom stereocenters. The zero-order valence-electron chi connectivity index (χ0n) is 15.9. The second kappa shape index (κ2) is 8.22. The Balaban J connectivity index is 1.44. The lowest BCUT2D eigenvalue weighted by Gasteiger charge is -2.17. The van der Waals surface area contributed by atoms with Crippen LogP contribution in [0.15, 0.2) is 54.9 Å². The molecule has 3 aromatic rings. The Labute approximate surface area is 167 Å². The minimum atomic E-state index is -0.683. The molecule has 1 aromatic carbocycles. The molecule has 2 aromatic heterocycles. The molecule has 1 amide bonds. The third-order valence-corrected chi connectivity index (χ3v) is 4.80. The quantitative estimate of drug-likeness (QED) is 0.718. The number of carbonyl (C=O) groups is 1. The summed E-state index contributed by atoms with van der Waals surface area (Å²) >= 11 is 0. The van der Waals surface area contributed by atoms with Crippen LogP contribution in [0, 0.1) is 5.82 Å². The van der Waals surface area contributed by atoms with Crippen LogP contribution in [-0.4, -0.2) is 47.1 Å². The number of halogens is 1. The van der Waals surface area contributed by atoms with Gasteiger partial charge in [0.2, 0.25) is 11.8 Å². The molecule has 1 aliphatic rings. The molecule has 0 bridgehead atoms. The second-order valence-electron chi connectivity index (χ2n) is 6.72. The summed E-state index contributed by atoms with van der Waals surface area (Å²) in [4.78, 5) is 27.3. The molecule has 1 saturated heterocycles. The monoisotopic (exact) mass is 393 g/mol. The van der Waals surface area contributed by atoms with Crippen LogP contribution >= 0.6 is 0 Å². The number of carbonyl (C=O) groups excluding carboxylic acids is 1. The Morgan fingerprint density at radius 3 is 2.86 bits per heavy atom. The molecule has 148 valence electrons. The molecule has 0 saturated carbocycles. The van der Waals surface area contributed by atoms with Crippen molar-refractivity contribution in [1.29, 1.82) is 0 Å². The predicted octanol–water partition coefficient (Wildman–Crippen LogP) is 2.70. The third kappa shape index (κ3) is 4.16. The van der Waals surface area contributed by atoms with Gasteiger partial charge in [-0.25, -0.2) is 19.3 Å². The van der Waals surface area contributed by atoms with Crippen LogP contribution in [-0.2, 0) is 0 Å². The van der Waals surface area contributed by atoms with Gasteiger partial charge in [0.05, 0.1) is 24.6 Å². The fraction of sp³-hybridized carbons (Fsp3) is 0.238. The largest absolute Gasteiger partial charge is 0.481 e. The first-order valence-corrected chi connectivity index (χ1v) is 9.28. The average molecular weight is 393 g/mol. The topological polar surface area (TPSA) is 80.2 Å². The molecule has 1 fully saturated rings. The fourth-order valence-electron chi connectivity index (χ4n) is 3.30. The molecule has 0 radical (unpaired) electrons. The average Bonchev–Trinajstić information content (AvgIpc) is 3.23. The zero-order chi connectivity index (χ0) is 20.2. The Kier molecular flexibility index (Phi) is 5.33. The lowest BCUT2D eigenvalue weighted by Crippen LogP contribution is -2.37. The van der Waals surface area contributed by atoms with Gasteiger partial charge in [-0.05, 0) is 12.5 Å². The van der Waals surface area contributed by atoms with Gasteiger partial charge in [-0.15, -0.1) is 0 Å². The van der Waals surface area contributed by atoms with E-state index in [4.69, 9.17) is 4.74 Å². The van der Waals surface area contributed by atoms with Gasteiger partial charge >= 0.3 is 0 Å². The molecule has 0 spiro atoms. The van der Waals surface area contributed by atoms with Crippen molar-refractivity contribution in [3.8, 4) is 17.1 Å². The Morgan fingerprint density at radius 2 is 2.07 bits per heavy atom. The summed E-state index contributed by atoms with van der Waals surface area (Å²) in [6.07, 6.45) is 3.43. The summed E-state index contributed by atoms with van der Waals surface area (Å²) in [6.45, 7) is 1.25. The molecule has 7 nitrogen and oxygen atoms in total. The van der Waals surface area contributed by atoms with Crippen molar-refractivity contribution in [1.82, 2.24) is 20.3 Å². The van der Waals surface area contributed by atoms with E-state index in [0.29, 0.717) is 25.5 Å². The van der Waals surface area contributed by atoms with E-state index >= 15 is 0 Å². The molecule has 1 unspecified atom stereocenters. The van der Waals surface area contributed by atoms with Crippen molar-refractivity contribution in [3.05, 3.63) is 66.2 Å². The molecule has 1 N–H and O–H groups in total. The lowest BCUT2D eigenvalue weighted by molar-refractivity contribution is 0.0935. The van der Waals surface area contributed by atoms with Crippen molar-refractivity contribution in [3.63, 3.8) is 0 Å². The van der Waals surface area contributed by atoms with Crippen molar-refractivity contribution in [2.45, 2.75) is 12.5 Å². The van der Waals surface area contributed by atoms with Gasteiger partial charge in [0.15, 0.2) is 5.82 Å². The summed E-state index contributed by atoms with van der Waals surface area (Å²) < 4.78 is 18.9. The van der Waals surface area contributed by atoms with Crippen LogP contribution < -0.4 is 15.0 Å². The van der Waals surface area contributed by atoms with E-state index in [1.807, 2.05) is 41.3 Å². The minimum Gasteiger partial charge on any atom is -0.481 e. The first-order valence-electron chi connectivity index (χ1n) is 9.28. The van der Waals surface area contributed by atoms with Gasteiger partial charge in [-0.2, -0.15) is 0 Å². The highest BCUT2D eigenvalue weighted by Gasteiger charge is 2.27. The smallest absolute Gasteiger partial charge is 0.254 e.